The molecule has 37 heavy (non-hydrogen) atoms. The molecule has 2 aromatic rings. The number of carboxylic acid groups (broad SMARTS) is 1. The standard InChI is InChI=1S/C30H38N2O5/c1-36-27-14-13-24(19-28(27)37-26-9-5-6-10-26)31-15-16-32(25(20-31)17-21-7-3-2-4-8-21)29(33)22-11-12-23(18-22)30(34)35/h2-4,7-8,13-14,19,22-23,25-26H,5-6,9-12,15-18,20H2,1H3,(H,34,35)/t22-,23+,25?/m0/s1. The summed E-state index contributed by atoms with van der Waals surface area (Å²) in [4.78, 5) is 29.5. The summed E-state index contributed by atoms with van der Waals surface area (Å²) in [5.74, 6) is 0.273. The lowest BCUT2D eigenvalue weighted by Gasteiger charge is -2.43. The maximum atomic E-state index is 13.6. The van der Waals surface area contributed by atoms with E-state index in [9.17, 15) is 14.7 Å². The second-order valence-electron chi connectivity index (χ2n) is 10.7. The van der Waals surface area contributed by atoms with Crippen LogP contribution in [0.5, 0.6) is 11.5 Å². The number of methoxy groups -OCH3 is 1. The predicted octanol–water partition coefficient (Wildman–Crippen LogP) is 4.78. The highest BCUT2D eigenvalue weighted by atomic mass is 16.5. The predicted molar refractivity (Wildman–Crippen MR) is 142 cm³/mol. The summed E-state index contributed by atoms with van der Waals surface area (Å²) in [5, 5.41) is 9.43. The zero-order valence-corrected chi connectivity index (χ0v) is 21.7. The lowest BCUT2D eigenvalue weighted by molar-refractivity contribution is -0.142. The summed E-state index contributed by atoms with van der Waals surface area (Å²) in [6.45, 7) is 2.06. The molecule has 5 rings (SSSR count). The molecule has 1 amide bonds. The van der Waals surface area contributed by atoms with E-state index in [-0.39, 0.29) is 24.0 Å². The molecule has 3 fully saturated rings. The number of aliphatic carboxylic acids is 1. The van der Waals surface area contributed by atoms with Gasteiger partial charge in [-0.2, -0.15) is 0 Å². The second kappa shape index (κ2) is 11.4. The summed E-state index contributed by atoms with van der Waals surface area (Å²) in [5.41, 5.74) is 2.27. The maximum absolute atomic E-state index is 13.6. The Labute approximate surface area is 219 Å². The molecule has 0 bridgehead atoms. The van der Waals surface area contributed by atoms with Gasteiger partial charge in [0.15, 0.2) is 11.5 Å². The molecule has 3 aliphatic rings. The molecular formula is C30H38N2O5. The molecular weight excluding hydrogens is 468 g/mol. The van der Waals surface area contributed by atoms with Crippen LogP contribution in [0.4, 0.5) is 5.69 Å². The van der Waals surface area contributed by atoms with E-state index in [4.69, 9.17) is 9.47 Å². The third kappa shape index (κ3) is 5.86. The Morgan fingerprint density at radius 3 is 2.41 bits per heavy atom. The van der Waals surface area contributed by atoms with Gasteiger partial charge in [0.25, 0.3) is 0 Å². The van der Waals surface area contributed by atoms with Crippen LogP contribution >= 0.6 is 0 Å². The first-order chi connectivity index (χ1) is 18.0. The van der Waals surface area contributed by atoms with Crippen molar-refractivity contribution in [3.8, 4) is 11.5 Å². The molecule has 1 aliphatic heterocycles. The van der Waals surface area contributed by atoms with E-state index in [2.05, 4.69) is 29.2 Å². The van der Waals surface area contributed by atoms with Crippen LogP contribution in [0.1, 0.15) is 50.5 Å². The number of rotatable bonds is 8. The molecule has 7 heteroatoms. The van der Waals surface area contributed by atoms with Gasteiger partial charge in [-0.05, 0) is 69.1 Å². The average Bonchev–Trinajstić information content (AvgIpc) is 3.62. The number of amides is 1. The van der Waals surface area contributed by atoms with Gasteiger partial charge in [0.2, 0.25) is 5.91 Å². The first kappa shape index (κ1) is 25.4. The number of ether oxygens (including phenoxy) is 2. The fourth-order valence-electron chi connectivity index (χ4n) is 6.25. The van der Waals surface area contributed by atoms with Crippen LogP contribution < -0.4 is 14.4 Å². The molecule has 198 valence electrons. The van der Waals surface area contributed by atoms with Crippen LogP contribution in [0, 0.1) is 11.8 Å². The smallest absolute Gasteiger partial charge is 0.306 e. The van der Waals surface area contributed by atoms with Crippen molar-refractivity contribution in [1.29, 1.82) is 0 Å². The van der Waals surface area contributed by atoms with E-state index in [1.807, 2.05) is 29.2 Å². The van der Waals surface area contributed by atoms with Crippen molar-refractivity contribution < 1.29 is 24.2 Å². The third-order valence-corrected chi connectivity index (χ3v) is 8.32. The first-order valence-corrected chi connectivity index (χ1v) is 13.7. The molecule has 2 aromatic carbocycles. The molecule has 1 saturated heterocycles. The van der Waals surface area contributed by atoms with Crippen molar-refractivity contribution in [2.24, 2.45) is 11.8 Å². The first-order valence-electron chi connectivity index (χ1n) is 13.7. The Bertz CT molecular complexity index is 1080. The third-order valence-electron chi connectivity index (χ3n) is 8.32. The van der Waals surface area contributed by atoms with Crippen molar-refractivity contribution in [3.63, 3.8) is 0 Å². The highest BCUT2D eigenvalue weighted by molar-refractivity contribution is 5.81. The van der Waals surface area contributed by atoms with E-state index in [1.165, 1.54) is 18.4 Å². The fourth-order valence-corrected chi connectivity index (χ4v) is 6.25. The van der Waals surface area contributed by atoms with Gasteiger partial charge in [0.05, 0.1) is 25.2 Å². The van der Waals surface area contributed by atoms with Crippen molar-refractivity contribution >= 4 is 17.6 Å². The normalized spacial score (nSPS) is 24.3. The molecule has 0 aromatic heterocycles. The average molecular weight is 507 g/mol. The van der Waals surface area contributed by atoms with Crippen molar-refractivity contribution in [2.75, 3.05) is 31.6 Å². The molecule has 0 radical (unpaired) electrons. The Balaban J connectivity index is 1.35. The minimum absolute atomic E-state index is 0.00818. The Hall–Kier alpha value is -3.22. The van der Waals surface area contributed by atoms with Gasteiger partial charge in [-0.1, -0.05) is 30.3 Å². The summed E-state index contributed by atoms with van der Waals surface area (Å²) in [6, 6.07) is 16.4. The number of carboxylic acids is 1. The van der Waals surface area contributed by atoms with Gasteiger partial charge in [0.1, 0.15) is 0 Å². The Morgan fingerprint density at radius 2 is 1.70 bits per heavy atom. The van der Waals surface area contributed by atoms with E-state index < -0.39 is 11.9 Å². The van der Waals surface area contributed by atoms with E-state index >= 15 is 0 Å². The zero-order valence-electron chi connectivity index (χ0n) is 21.7. The lowest BCUT2D eigenvalue weighted by Crippen LogP contribution is -2.57. The number of anilines is 1. The van der Waals surface area contributed by atoms with E-state index in [1.54, 1.807) is 7.11 Å². The Morgan fingerprint density at radius 1 is 0.946 bits per heavy atom. The van der Waals surface area contributed by atoms with Crippen molar-refractivity contribution in [3.05, 3.63) is 54.1 Å². The molecule has 2 saturated carbocycles. The van der Waals surface area contributed by atoms with E-state index in [0.29, 0.717) is 32.4 Å². The SMILES string of the molecule is COc1ccc(N2CCN(C(=O)[C@H]3CC[C@@H](C(=O)O)C3)C(Cc3ccccc3)C2)cc1OC1CCCC1. The molecule has 3 atom stereocenters. The fraction of sp³-hybridized carbons (Fsp3) is 0.533. The van der Waals surface area contributed by atoms with Crippen LogP contribution in [-0.4, -0.2) is 60.8 Å². The molecule has 2 aliphatic carbocycles. The van der Waals surface area contributed by atoms with Crippen molar-refractivity contribution in [2.45, 2.75) is 63.5 Å². The molecule has 1 heterocycles. The van der Waals surface area contributed by atoms with Crippen LogP contribution in [-0.2, 0) is 16.0 Å². The maximum Gasteiger partial charge on any atom is 0.306 e. The summed E-state index contributed by atoms with van der Waals surface area (Å²) in [7, 11) is 1.68. The summed E-state index contributed by atoms with van der Waals surface area (Å²) < 4.78 is 11.9. The van der Waals surface area contributed by atoms with Crippen molar-refractivity contribution in [1.82, 2.24) is 4.90 Å². The van der Waals surface area contributed by atoms with Gasteiger partial charge in [-0.15, -0.1) is 0 Å². The van der Waals surface area contributed by atoms with Crippen LogP contribution in [0.25, 0.3) is 0 Å². The number of benzene rings is 2. The number of piperazine rings is 1. The molecule has 7 nitrogen and oxygen atoms in total. The van der Waals surface area contributed by atoms with Gasteiger partial charge < -0.3 is 24.4 Å². The quantitative estimate of drug-likeness (QED) is 0.555. The van der Waals surface area contributed by atoms with Gasteiger partial charge >= 0.3 is 5.97 Å². The monoisotopic (exact) mass is 506 g/mol. The lowest BCUT2D eigenvalue weighted by atomic mass is 9.97. The van der Waals surface area contributed by atoms with Gasteiger partial charge in [-0.25, -0.2) is 0 Å². The Kier molecular flexibility index (Phi) is 7.87. The number of carbonyl (C=O) groups excluding carboxylic acids is 1. The van der Waals surface area contributed by atoms with Gasteiger partial charge in [-0.3, -0.25) is 9.59 Å². The minimum Gasteiger partial charge on any atom is -0.493 e. The van der Waals surface area contributed by atoms with E-state index in [0.717, 1.165) is 43.0 Å². The highest BCUT2D eigenvalue weighted by Gasteiger charge is 2.39. The molecule has 1 unspecified atom stereocenters. The van der Waals surface area contributed by atoms with Gasteiger partial charge in [0, 0.05) is 37.3 Å². The highest BCUT2D eigenvalue weighted by Crippen LogP contribution is 2.37. The number of nitrogens with zero attached hydrogens (tertiary/aromatic N) is 2. The largest absolute Gasteiger partial charge is 0.493 e. The summed E-state index contributed by atoms with van der Waals surface area (Å²) in [6.07, 6.45) is 7.28. The van der Waals surface area contributed by atoms with Crippen LogP contribution in [0.15, 0.2) is 48.5 Å². The van der Waals surface area contributed by atoms with Crippen LogP contribution in [0.3, 0.4) is 0 Å². The molecule has 0 spiro atoms. The topological polar surface area (TPSA) is 79.3 Å². The zero-order chi connectivity index (χ0) is 25.8. The number of carbonyl (C=O) groups is 2. The summed E-state index contributed by atoms with van der Waals surface area (Å²) >= 11 is 0. The number of hydrogen-bond donors (Lipinski definition) is 1. The minimum atomic E-state index is -0.781. The number of hydrogen-bond acceptors (Lipinski definition) is 5. The molecule has 1 N–H and O–H groups in total. The second-order valence-corrected chi connectivity index (χ2v) is 10.7. The van der Waals surface area contributed by atoms with Crippen LogP contribution in [0.2, 0.25) is 0 Å².